The molecular formula is C16H22N4O. The molecule has 1 heterocycles. The van der Waals surface area contributed by atoms with Gasteiger partial charge >= 0.3 is 0 Å². The van der Waals surface area contributed by atoms with Gasteiger partial charge in [-0.2, -0.15) is 0 Å². The Kier molecular flexibility index (Phi) is 5.51. The van der Waals surface area contributed by atoms with E-state index in [9.17, 15) is 0 Å². The number of rotatable bonds is 7. The summed E-state index contributed by atoms with van der Waals surface area (Å²) in [6.45, 7) is 3.96. The number of nitrogens with zero attached hydrogens (tertiary/aromatic N) is 3. The fourth-order valence-electron chi connectivity index (χ4n) is 1.96. The van der Waals surface area contributed by atoms with Crippen LogP contribution in [0.1, 0.15) is 18.9 Å². The summed E-state index contributed by atoms with van der Waals surface area (Å²) in [5.74, 6) is 1.49. The van der Waals surface area contributed by atoms with Crippen LogP contribution in [0, 0.1) is 0 Å². The normalized spacial score (nSPS) is 10.4. The second-order valence-electron chi connectivity index (χ2n) is 4.83. The maximum atomic E-state index is 5.24. The minimum absolute atomic E-state index is 0.669. The molecule has 0 saturated carbocycles. The lowest BCUT2D eigenvalue weighted by atomic mass is 10.3. The number of aromatic nitrogens is 2. The van der Waals surface area contributed by atoms with Crippen LogP contribution in [0.25, 0.3) is 0 Å². The van der Waals surface area contributed by atoms with Crippen molar-refractivity contribution in [1.29, 1.82) is 0 Å². The molecule has 0 aliphatic rings. The molecule has 0 bridgehead atoms. The lowest BCUT2D eigenvalue weighted by Crippen LogP contribution is -2.16. The van der Waals surface area contributed by atoms with E-state index >= 15 is 0 Å². The van der Waals surface area contributed by atoms with Crippen molar-refractivity contribution in [2.75, 3.05) is 25.6 Å². The van der Waals surface area contributed by atoms with E-state index in [4.69, 9.17) is 4.74 Å². The van der Waals surface area contributed by atoms with E-state index < -0.39 is 0 Å². The monoisotopic (exact) mass is 286 g/mol. The number of hydrogen-bond donors (Lipinski definition) is 1. The summed E-state index contributed by atoms with van der Waals surface area (Å²) in [6, 6.07) is 7.83. The lowest BCUT2D eigenvalue weighted by Gasteiger charge is -2.17. The number of anilines is 2. The summed E-state index contributed by atoms with van der Waals surface area (Å²) >= 11 is 0. The third-order valence-corrected chi connectivity index (χ3v) is 3.19. The zero-order valence-electron chi connectivity index (χ0n) is 12.8. The second-order valence-corrected chi connectivity index (χ2v) is 4.83. The molecule has 0 aliphatic carbocycles. The molecule has 0 radical (unpaired) electrons. The molecule has 1 aromatic heterocycles. The van der Waals surface area contributed by atoms with Crippen LogP contribution in [0.15, 0.2) is 36.7 Å². The second kappa shape index (κ2) is 7.59. The maximum Gasteiger partial charge on any atom is 0.229 e. The molecule has 2 aromatic rings. The van der Waals surface area contributed by atoms with Crippen LogP contribution in [0.5, 0.6) is 5.75 Å². The highest BCUT2D eigenvalue weighted by Crippen LogP contribution is 2.24. The van der Waals surface area contributed by atoms with Crippen molar-refractivity contribution in [2.24, 2.45) is 0 Å². The zero-order chi connectivity index (χ0) is 15.1. The fourth-order valence-corrected chi connectivity index (χ4v) is 1.96. The van der Waals surface area contributed by atoms with Crippen molar-refractivity contribution in [2.45, 2.75) is 19.9 Å². The van der Waals surface area contributed by atoms with Crippen LogP contribution in [-0.2, 0) is 6.54 Å². The highest BCUT2D eigenvalue weighted by molar-refractivity contribution is 5.58. The molecule has 21 heavy (non-hydrogen) atoms. The molecular weight excluding hydrogens is 264 g/mol. The minimum atomic E-state index is 0.669. The molecule has 0 fully saturated rings. The third kappa shape index (κ3) is 4.16. The van der Waals surface area contributed by atoms with Crippen molar-refractivity contribution in [3.63, 3.8) is 0 Å². The Morgan fingerprint density at radius 1 is 1.24 bits per heavy atom. The van der Waals surface area contributed by atoms with Crippen LogP contribution in [0.3, 0.4) is 0 Å². The molecule has 0 atom stereocenters. The molecule has 0 unspecified atom stereocenters. The summed E-state index contributed by atoms with van der Waals surface area (Å²) in [7, 11) is 3.60. The van der Waals surface area contributed by atoms with E-state index in [-0.39, 0.29) is 0 Å². The highest BCUT2D eigenvalue weighted by atomic mass is 16.5. The first kappa shape index (κ1) is 15.3. The Balaban J connectivity index is 2.06. The molecule has 0 spiro atoms. The SMILES string of the molecule is CCCNCc1cnc(N(C)c2cccc(OC)c2)nc1. The maximum absolute atomic E-state index is 5.24. The predicted molar refractivity (Wildman–Crippen MR) is 85.1 cm³/mol. The van der Waals surface area contributed by atoms with Gasteiger partial charge in [-0.05, 0) is 25.1 Å². The molecule has 0 aliphatic heterocycles. The van der Waals surface area contributed by atoms with Crippen LogP contribution >= 0.6 is 0 Å². The average molecular weight is 286 g/mol. The van der Waals surface area contributed by atoms with E-state index in [0.29, 0.717) is 5.95 Å². The first-order valence-corrected chi connectivity index (χ1v) is 7.14. The van der Waals surface area contributed by atoms with Gasteiger partial charge < -0.3 is 15.0 Å². The average Bonchev–Trinajstić information content (AvgIpc) is 2.55. The summed E-state index contributed by atoms with van der Waals surface area (Å²) in [4.78, 5) is 10.8. The zero-order valence-corrected chi connectivity index (χ0v) is 12.8. The van der Waals surface area contributed by atoms with Gasteiger partial charge in [0.1, 0.15) is 5.75 Å². The van der Waals surface area contributed by atoms with Gasteiger partial charge in [-0.3, -0.25) is 0 Å². The third-order valence-electron chi connectivity index (χ3n) is 3.19. The number of nitrogens with one attached hydrogen (secondary N) is 1. The Morgan fingerprint density at radius 2 is 2.00 bits per heavy atom. The lowest BCUT2D eigenvalue weighted by molar-refractivity contribution is 0.415. The van der Waals surface area contributed by atoms with Crippen molar-refractivity contribution >= 4 is 11.6 Å². The van der Waals surface area contributed by atoms with E-state index in [1.807, 2.05) is 48.6 Å². The Labute approximate surface area is 126 Å². The van der Waals surface area contributed by atoms with Crippen LogP contribution < -0.4 is 15.0 Å². The number of benzene rings is 1. The van der Waals surface area contributed by atoms with Crippen LogP contribution in [-0.4, -0.2) is 30.7 Å². The summed E-state index contributed by atoms with van der Waals surface area (Å²) in [6.07, 6.45) is 4.85. The van der Waals surface area contributed by atoms with Crippen molar-refractivity contribution in [1.82, 2.24) is 15.3 Å². The van der Waals surface area contributed by atoms with Gasteiger partial charge in [0.15, 0.2) is 0 Å². The molecule has 0 saturated heterocycles. The molecule has 5 heteroatoms. The standard InChI is InChI=1S/C16H22N4O/c1-4-8-17-10-13-11-18-16(19-12-13)20(2)14-6-5-7-15(9-14)21-3/h5-7,9,11-12,17H,4,8,10H2,1-3H3. The van der Waals surface area contributed by atoms with Crippen molar-refractivity contribution in [3.8, 4) is 5.75 Å². The van der Waals surface area contributed by atoms with Gasteiger partial charge in [0.05, 0.1) is 7.11 Å². The predicted octanol–water partition coefficient (Wildman–Crippen LogP) is 2.75. The van der Waals surface area contributed by atoms with Gasteiger partial charge in [0.25, 0.3) is 0 Å². The number of ether oxygens (including phenoxy) is 1. The van der Waals surface area contributed by atoms with E-state index in [1.165, 1.54) is 0 Å². The quantitative estimate of drug-likeness (QED) is 0.793. The summed E-state index contributed by atoms with van der Waals surface area (Å²) in [5, 5.41) is 3.34. The van der Waals surface area contributed by atoms with Gasteiger partial charge in [0, 0.05) is 43.3 Å². The first-order valence-electron chi connectivity index (χ1n) is 7.14. The van der Waals surface area contributed by atoms with Gasteiger partial charge in [-0.25, -0.2) is 9.97 Å². The van der Waals surface area contributed by atoms with Crippen molar-refractivity contribution in [3.05, 3.63) is 42.2 Å². The Bertz CT molecular complexity index is 556. The van der Waals surface area contributed by atoms with E-state index in [2.05, 4.69) is 22.2 Å². The number of methoxy groups -OCH3 is 1. The topological polar surface area (TPSA) is 50.3 Å². The van der Waals surface area contributed by atoms with Gasteiger partial charge in [-0.15, -0.1) is 0 Å². The largest absolute Gasteiger partial charge is 0.497 e. The van der Waals surface area contributed by atoms with E-state index in [0.717, 1.165) is 36.5 Å². The molecule has 0 amide bonds. The van der Waals surface area contributed by atoms with Crippen molar-refractivity contribution < 1.29 is 4.74 Å². The van der Waals surface area contributed by atoms with Gasteiger partial charge in [-0.1, -0.05) is 13.0 Å². The molecule has 2 rings (SSSR count). The first-order chi connectivity index (χ1) is 10.2. The smallest absolute Gasteiger partial charge is 0.229 e. The van der Waals surface area contributed by atoms with Gasteiger partial charge in [0.2, 0.25) is 5.95 Å². The molecule has 1 aromatic carbocycles. The minimum Gasteiger partial charge on any atom is -0.497 e. The Hall–Kier alpha value is -2.14. The Morgan fingerprint density at radius 3 is 2.67 bits per heavy atom. The fraction of sp³-hybridized carbons (Fsp3) is 0.375. The van der Waals surface area contributed by atoms with Crippen LogP contribution in [0.2, 0.25) is 0 Å². The summed E-state index contributed by atoms with van der Waals surface area (Å²) < 4.78 is 5.24. The molecule has 1 N–H and O–H groups in total. The summed E-state index contributed by atoms with van der Waals surface area (Å²) in [5.41, 5.74) is 2.08. The molecule has 5 nitrogen and oxygen atoms in total. The molecule has 112 valence electrons. The van der Waals surface area contributed by atoms with E-state index in [1.54, 1.807) is 7.11 Å². The van der Waals surface area contributed by atoms with Crippen LogP contribution in [0.4, 0.5) is 11.6 Å². The number of hydrogen-bond acceptors (Lipinski definition) is 5. The highest BCUT2D eigenvalue weighted by Gasteiger charge is 2.07.